The zero-order valence-electron chi connectivity index (χ0n) is 14.5. The highest BCUT2D eigenvalue weighted by Gasteiger charge is 2.17. The summed E-state index contributed by atoms with van der Waals surface area (Å²) < 4.78 is 5.76. The molecule has 0 aliphatic rings. The molecule has 3 heteroatoms. The molecule has 0 saturated heterocycles. The lowest BCUT2D eigenvalue weighted by atomic mass is 10.1. The molecule has 2 unspecified atom stereocenters. The monoisotopic (exact) mass is 311 g/mol. The number of carbonyl (C=O) groups is 1. The number of aryl methyl sites for hydroxylation is 3. The van der Waals surface area contributed by atoms with E-state index in [1.165, 1.54) is 11.1 Å². The van der Waals surface area contributed by atoms with Crippen LogP contribution in [-0.2, 0) is 4.79 Å². The lowest BCUT2D eigenvalue weighted by Gasteiger charge is -2.19. The van der Waals surface area contributed by atoms with Crippen LogP contribution in [0.2, 0.25) is 0 Å². The van der Waals surface area contributed by atoms with E-state index < -0.39 is 6.10 Å². The van der Waals surface area contributed by atoms with E-state index in [2.05, 4.69) is 12.2 Å². The Morgan fingerprint density at radius 2 is 1.61 bits per heavy atom. The largest absolute Gasteiger partial charge is 0.481 e. The summed E-state index contributed by atoms with van der Waals surface area (Å²) in [6.45, 7) is 9.88. The molecule has 1 amide bonds. The number of rotatable bonds is 5. The van der Waals surface area contributed by atoms with Gasteiger partial charge in [0.1, 0.15) is 5.75 Å². The summed E-state index contributed by atoms with van der Waals surface area (Å²) in [7, 11) is 0. The highest BCUT2D eigenvalue weighted by atomic mass is 16.5. The van der Waals surface area contributed by atoms with Crippen LogP contribution < -0.4 is 10.1 Å². The van der Waals surface area contributed by atoms with Crippen molar-refractivity contribution in [2.45, 2.75) is 46.8 Å². The van der Waals surface area contributed by atoms with Gasteiger partial charge in [0, 0.05) is 0 Å². The Balaban J connectivity index is 1.96. The SMILES string of the molecule is Cc1ccc(C(C)NC(=O)C(C)Oc2ccc(C)c(C)c2)cc1. The second-order valence-electron chi connectivity index (χ2n) is 6.15. The van der Waals surface area contributed by atoms with Gasteiger partial charge in [0.25, 0.3) is 5.91 Å². The third-order valence-electron chi connectivity index (χ3n) is 4.10. The number of carbonyl (C=O) groups excluding carboxylic acids is 1. The first-order valence-corrected chi connectivity index (χ1v) is 7.97. The van der Waals surface area contributed by atoms with Gasteiger partial charge in [-0.05, 0) is 63.4 Å². The van der Waals surface area contributed by atoms with Gasteiger partial charge in [-0.3, -0.25) is 4.79 Å². The molecule has 0 heterocycles. The normalized spacial score (nSPS) is 13.3. The number of ether oxygens (including phenoxy) is 1. The molecular formula is C20H25NO2. The first-order valence-electron chi connectivity index (χ1n) is 7.97. The second kappa shape index (κ2) is 7.32. The fourth-order valence-electron chi connectivity index (χ4n) is 2.31. The van der Waals surface area contributed by atoms with Gasteiger partial charge in [-0.25, -0.2) is 0 Å². The fourth-order valence-corrected chi connectivity index (χ4v) is 2.31. The van der Waals surface area contributed by atoms with Crippen molar-refractivity contribution in [3.8, 4) is 5.75 Å². The number of hydrogen-bond donors (Lipinski definition) is 1. The molecule has 0 spiro atoms. The minimum atomic E-state index is -0.537. The van der Waals surface area contributed by atoms with Crippen LogP contribution in [0, 0.1) is 20.8 Å². The summed E-state index contributed by atoms with van der Waals surface area (Å²) in [5.41, 5.74) is 4.66. The van der Waals surface area contributed by atoms with Crippen molar-refractivity contribution < 1.29 is 9.53 Å². The van der Waals surface area contributed by atoms with Gasteiger partial charge in [0.2, 0.25) is 0 Å². The van der Waals surface area contributed by atoms with E-state index in [0.717, 1.165) is 16.9 Å². The van der Waals surface area contributed by atoms with Crippen molar-refractivity contribution in [3.63, 3.8) is 0 Å². The van der Waals surface area contributed by atoms with Crippen LogP contribution in [0.25, 0.3) is 0 Å². The van der Waals surface area contributed by atoms with Crippen molar-refractivity contribution in [1.29, 1.82) is 0 Å². The van der Waals surface area contributed by atoms with Crippen LogP contribution >= 0.6 is 0 Å². The van der Waals surface area contributed by atoms with E-state index in [0.29, 0.717) is 0 Å². The molecular weight excluding hydrogens is 286 g/mol. The van der Waals surface area contributed by atoms with Crippen LogP contribution in [0.5, 0.6) is 5.75 Å². The maximum Gasteiger partial charge on any atom is 0.261 e. The van der Waals surface area contributed by atoms with Crippen LogP contribution in [0.1, 0.15) is 42.1 Å². The third kappa shape index (κ3) is 4.59. The number of hydrogen-bond acceptors (Lipinski definition) is 2. The Kier molecular flexibility index (Phi) is 5.43. The Hall–Kier alpha value is -2.29. The average molecular weight is 311 g/mol. The number of nitrogens with one attached hydrogen (secondary N) is 1. The van der Waals surface area contributed by atoms with Crippen molar-refractivity contribution in [2.24, 2.45) is 0 Å². The molecule has 0 fully saturated rings. The van der Waals surface area contributed by atoms with Crippen LogP contribution in [-0.4, -0.2) is 12.0 Å². The lowest BCUT2D eigenvalue weighted by molar-refractivity contribution is -0.127. The van der Waals surface area contributed by atoms with Crippen molar-refractivity contribution >= 4 is 5.91 Å². The van der Waals surface area contributed by atoms with Gasteiger partial charge < -0.3 is 10.1 Å². The van der Waals surface area contributed by atoms with E-state index >= 15 is 0 Å². The van der Waals surface area contributed by atoms with Crippen LogP contribution in [0.15, 0.2) is 42.5 Å². The first kappa shape index (κ1) is 17.1. The predicted molar refractivity (Wildman–Crippen MR) is 93.7 cm³/mol. The van der Waals surface area contributed by atoms with Gasteiger partial charge in [-0.15, -0.1) is 0 Å². The zero-order chi connectivity index (χ0) is 17.0. The average Bonchev–Trinajstić information content (AvgIpc) is 2.51. The Labute approximate surface area is 138 Å². The van der Waals surface area contributed by atoms with Crippen molar-refractivity contribution in [1.82, 2.24) is 5.32 Å². The summed E-state index contributed by atoms with van der Waals surface area (Å²) >= 11 is 0. The van der Waals surface area contributed by atoms with Crippen LogP contribution in [0.4, 0.5) is 0 Å². The van der Waals surface area contributed by atoms with Gasteiger partial charge >= 0.3 is 0 Å². The van der Waals surface area contributed by atoms with Gasteiger partial charge in [-0.1, -0.05) is 35.9 Å². The zero-order valence-corrected chi connectivity index (χ0v) is 14.5. The molecule has 0 aromatic heterocycles. The standard InChI is InChI=1S/C20H25NO2/c1-13-6-9-18(10-7-13)16(4)21-20(22)17(5)23-19-11-8-14(2)15(3)12-19/h6-12,16-17H,1-5H3,(H,21,22). The molecule has 0 radical (unpaired) electrons. The summed E-state index contributed by atoms with van der Waals surface area (Å²) in [6, 6.07) is 14.0. The summed E-state index contributed by atoms with van der Waals surface area (Å²) in [5.74, 6) is 0.607. The predicted octanol–water partition coefficient (Wildman–Crippen LogP) is 4.26. The molecule has 2 aromatic rings. The molecule has 1 N–H and O–H groups in total. The third-order valence-corrected chi connectivity index (χ3v) is 4.10. The molecule has 2 aromatic carbocycles. The molecule has 0 aliphatic carbocycles. The summed E-state index contributed by atoms with van der Waals surface area (Å²) in [5, 5.41) is 3.00. The lowest BCUT2D eigenvalue weighted by Crippen LogP contribution is -2.37. The molecule has 3 nitrogen and oxygen atoms in total. The quantitative estimate of drug-likeness (QED) is 0.896. The molecule has 23 heavy (non-hydrogen) atoms. The number of benzene rings is 2. The topological polar surface area (TPSA) is 38.3 Å². The van der Waals surface area contributed by atoms with Crippen molar-refractivity contribution in [2.75, 3.05) is 0 Å². The van der Waals surface area contributed by atoms with Gasteiger partial charge in [0.05, 0.1) is 6.04 Å². The minimum absolute atomic E-state index is 0.0473. The van der Waals surface area contributed by atoms with Crippen LogP contribution in [0.3, 0.4) is 0 Å². The Morgan fingerprint density at radius 1 is 0.957 bits per heavy atom. The smallest absolute Gasteiger partial charge is 0.261 e. The van der Waals surface area contributed by atoms with E-state index in [-0.39, 0.29) is 11.9 Å². The molecule has 2 atom stereocenters. The molecule has 0 saturated carbocycles. The molecule has 122 valence electrons. The minimum Gasteiger partial charge on any atom is -0.481 e. The fraction of sp³-hybridized carbons (Fsp3) is 0.350. The van der Waals surface area contributed by atoms with E-state index in [9.17, 15) is 4.79 Å². The van der Waals surface area contributed by atoms with E-state index in [1.54, 1.807) is 6.92 Å². The Morgan fingerprint density at radius 3 is 2.22 bits per heavy atom. The van der Waals surface area contributed by atoms with Gasteiger partial charge in [-0.2, -0.15) is 0 Å². The molecule has 0 bridgehead atoms. The highest BCUT2D eigenvalue weighted by Crippen LogP contribution is 2.18. The van der Waals surface area contributed by atoms with Crippen molar-refractivity contribution in [3.05, 3.63) is 64.7 Å². The Bertz CT molecular complexity index is 677. The molecule has 2 rings (SSSR count). The molecule has 0 aliphatic heterocycles. The maximum atomic E-state index is 12.3. The van der Waals surface area contributed by atoms with E-state index in [4.69, 9.17) is 4.74 Å². The maximum absolute atomic E-state index is 12.3. The summed E-state index contributed by atoms with van der Waals surface area (Å²) in [6.07, 6.45) is -0.537. The van der Waals surface area contributed by atoms with Gasteiger partial charge in [0.15, 0.2) is 6.10 Å². The summed E-state index contributed by atoms with van der Waals surface area (Å²) in [4.78, 5) is 12.3. The van der Waals surface area contributed by atoms with E-state index in [1.807, 2.05) is 63.2 Å². The highest BCUT2D eigenvalue weighted by molar-refractivity contribution is 5.81. The number of amides is 1. The first-order chi connectivity index (χ1) is 10.9. The second-order valence-corrected chi connectivity index (χ2v) is 6.15.